The molecule has 0 aromatic heterocycles. The van der Waals surface area contributed by atoms with Gasteiger partial charge in [-0.15, -0.1) is 0 Å². The fourth-order valence-corrected chi connectivity index (χ4v) is 4.13. The Kier molecular flexibility index (Phi) is 4.38. The summed E-state index contributed by atoms with van der Waals surface area (Å²) < 4.78 is 13.1. The van der Waals surface area contributed by atoms with E-state index in [2.05, 4.69) is 0 Å². The molecule has 2 aliphatic rings. The molecule has 2 aliphatic heterocycles. The SMILES string of the molecule is CN1C(=O)C[C@H](C(=O)N2CCSCC2)[C@H]1c1ccc(F)cc1. The Hall–Kier alpha value is -1.56. The molecule has 0 aliphatic carbocycles. The summed E-state index contributed by atoms with van der Waals surface area (Å²) in [7, 11) is 1.72. The number of hydrogen-bond acceptors (Lipinski definition) is 3. The molecule has 1 aromatic carbocycles. The standard InChI is InChI=1S/C16H19FN2O2S/c1-18-14(20)10-13(16(21)19-6-8-22-9-7-19)15(18)11-2-4-12(17)5-3-11/h2-5,13,15H,6-10H2,1H3/t13-,15+/m0/s1. The highest BCUT2D eigenvalue weighted by atomic mass is 32.2. The smallest absolute Gasteiger partial charge is 0.228 e. The van der Waals surface area contributed by atoms with E-state index >= 15 is 0 Å². The molecule has 0 saturated carbocycles. The van der Waals surface area contributed by atoms with Crippen molar-refractivity contribution in [1.82, 2.24) is 9.80 Å². The van der Waals surface area contributed by atoms with Crippen LogP contribution in [0.4, 0.5) is 4.39 Å². The van der Waals surface area contributed by atoms with E-state index < -0.39 is 0 Å². The van der Waals surface area contributed by atoms with Gasteiger partial charge in [-0.2, -0.15) is 11.8 Å². The average molecular weight is 322 g/mol. The van der Waals surface area contributed by atoms with Gasteiger partial charge in [0.05, 0.1) is 12.0 Å². The van der Waals surface area contributed by atoms with Gasteiger partial charge in [0, 0.05) is 38.1 Å². The number of benzene rings is 1. The third-order valence-electron chi connectivity index (χ3n) is 4.44. The van der Waals surface area contributed by atoms with Crippen LogP contribution in [0.15, 0.2) is 24.3 Å². The third kappa shape index (κ3) is 2.84. The fourth-order valence-electron chi connectivity index (χ4n) is 3.23. The van der Waals surface area contributed by atoms with E-state index in [4.69, 9.17) is 0 Å². The third-order valence-corrected chi connectivity index (χ3v) is 5.38. The molecule has 0 N–H and O–H groups in total. The summed E-state index contributed by atoms with van der Waals surface area (Å²) in [5.74, 6) is 1.23. The maximum atomic E-state index is 13.1. The Morgan fingerprint density at radius 1 is 1.23 bits per heavy atom. The second-order valence-electron chi connectivity index (χ2n) is 5.75. The van der Waals surface area contributed by atoms with E-state index in [-0.39, 0.29) is 36.0 Å². The zero-order chi connectivity index (χ0) is 15.7. The first-order valence-corrected chi connectivity index (χ1v) is 8.61. The van der Waals surface area contributed by atoms with Crippen LogP contribution in [0.3, 0.4) is 0 Å². The van der Waals surface area contributed by atoms with E-state index in [0.717, 1.165) is 30.2 Å². The number of likely N-dealkylation sites (tertiary alicyclic amines) is 1. The molecule has 2 atom stereocenters. The van der Waals surface area contributed by atoms with Gasteiger partial charge in [-0.3, -0.25) is 9.59 Å². The van der Waals surface area contributed by atoms with E-state index in [0.29, 0.717) is 0 Å². The van der Waals surface area contributed by atoms with Crippen molar-refractivity contribution in [2.45, 2.75) is 12.5 Å². The summed E-state index contributed by atoms with van der Waals surface area (Å²) >= 11 is 1.85. The molecule has 2 saturated heterocycles. The average Bonchev–Trinajstić information content (AvgIpc) is 2.84. The van der Waals surface area contributed by atoms with Crippen LogP contribution >= 0.6 is 11.8 Å². The summed E-state index contributed by atoms with van der Waals surface area (Å²) in [4.78, 5) is 28.4. The largest absolute Gasteiger partial charge is 0.341 e. The van der Waals surface area contributed by atoms with E-state index in [1.165, 1.54) is 12.1 Å². The molecular weight excluding hydrogens is 303 g/mol. The first-order valence-electron chi connectivity index (χ1n) is 7.45. The Morgan fingerprint density at radius 2 is 1.86 bits per heavy atom. The van der Waals surface area contributed by atoms with Crippen molar-refractivity contribution in [3.05, 3.63) is 35.6 Å². The maximum Gasteiger partial charge on any atom is 0.228 e. The number of carbonyl (C=O) groups is 2. The summed E-state index contributed by atoms with van der Waals surface area (Å²) in [6.45, 7) is 1.49. The molecule has 118 valence electrons. The second kappa shape index (κ2) is 6.28. The van der Waals surface area contributed by atoms with Gasteiger partial charge in [0.2, 0.25) is 11.8 Å². The molecule has 3 rings (SSSR count). The first kappa shape index (κ1) is 15.3. The minimum atomic E-state index is -0.369. The van der Waals surface area contributed by atoms with Gasteiger partial charge in [-0.05, 0) is 17.7 Å². The topological polar surface area (TPSA) is 40.6 Å². The number of carbonyl (C=O) groups excluding carboxylic acids is 2. The van der Waals surface area contributed by atoms with Gasteiger partial charge in [-0.25, -0.2) is 4.39 Å². The van der Waals surface area contributed by atoms with Crippen LogP contribution in [0.2, 0.25) is 0 Å². The van der Waals surface area contributed by atoms with Crippen LogP contribution in [-0.2, 0) is 9.59 Å². The molecule has 0 unspecified atom stereocenters. The lowest BCUT2D eigenvalue weighted by molar-refractivity contribution is -0.136. The molecule has 1 aromatic rings. The molecule has 6 heteroatoms. The van der Waals surface area contributed by atoms with Crippen molar-refractivity contribution in [2.75, 3.05) is 31.6 Å². The highest BCUT2D eigenvalue weighted by molar-refractivity contribution is 7.99. The number of nitrogens with zero attached hydrogens (tertiary/aromatic N) is 2. The number of rotatable bonds is 2. The number of amides is 2. The normalized spacial score (nSPS) is 25.6. The zero-order valence-corrected chi connectivity index (χ0v) is 13.3. The molecule has 22 heavy (non-hydrogen) atoms. The van der Waals surface area contributed by atoms with Gasteiger partial charge in [0.15, 0.2) is 0 Å². The van der Waals surface area contributed by atoms with Gasteiger partial charge >= 0.3 is 0 Å². The van der Waals surface area contributed by atoms with Crippen molar-refractivity contribution in [1.29, 1.82) is 0 Å². The Morgan fingerprint density at radius 3 is 2.50 bits per heavy atom. The van der Waals surface area contributed by atoms with Crippen LogP contribution in [0.1, 0.15) is 18.0 Å². The van der Waals surface area contributed by atoms with Crippen molar-refractivity contribution in [3.63, 3.8) is 0 Å². The van der Waals surface area contributed by atoms with Gasteiger partial charge in [0.25, 0.3) is 0 Å². The lowest BCUT2D eigenvalue weighted by Crippen LogP contribution is -2.42. The Balaban J connectivity index is 1.86. The summed E-state index contributed by atoms with van der Waals surface area (Å²) in [5.41, 5.74) is 0.819. The number of thioether (sulfide) groups is 1. The monoisotopic (exact) mass is 322 g/mol. The van der Waals surface area contributed by atoms with Crippen LogP contribution in [0, 0.1) is 11.7 Å². The Labute approximate surface area is 133 Å². The van der Waals surface area contributed by atoms with E-state index in [9.17, 15) is 14.0 Å². The number of hydrogen-bond donors (Lipinski definition) is 0. The quantitative estimate of drug-likeness (QED) is 0.835. The fraction of sp³-hybridized carbons (Fsp3) is 0.500. The van der Waals surface area contributed by atoms with E-state index in [1.807, 2.05) is 16.7 Å². The van der Waals surface area contributed by atoms with Crippen molar-refractivity contribution < 1.29 is 14.0 Å². The van der Waals surface area contributed by atoms with Crippen LogP contribution < -0.4 is 0 Å². The lowest BCUT2D eigenvalue weighted by atomic mass is 9.92. The molecule has 2 fully saturated rings. The molecule has 0 radical (unpaired) electrons. The van der Waals surface area contributed by atoms with Gasteiger partial charge in [0.1, 0.15) is 5.82 Å². The van der Waals surface area contributed by atoms with Crippen LogP contribution in [0.5, 0.6) is 0 Å². The maximum absolute atomic E-state index is 13.1. The molecular formula is C16H19FN2O2S. The minimum Gasteiger partial charge on any atom is -0.341 e. The second-order valence-corrected chi connectivity index (χ2v) is 6.97. The first-order chi connectivity index (χ1) is 10.6. The van der Waals surface area contributed by atoms with Gasteiger partial charge in [-0.1, -0.05) is 12.1 Å². The van der Waals surface area contributed by atoms with Crippen molar-refractivity contribution in [3.8, 4) is 0 Å². The highest BCUT2D eigenvalue weighted by Gasteiger charge is 2.44. The summed E-state index contributed by atoms with van der Waals surface area (Å²) in [5, 5.41) is 0. The number of halogens is 1. The lowest BCUT2D eigenvalue weighted by Gasteiger charge is -2.32. The molecule has 0 bridgehead atoms. The Bertz CT molecular complexity index is 572. The predicted molar refractivity (Wildman–Crippen MR) is 83.9 cm³/mol. The van der Waals surface area contributed by atoms with Gasteiger partial charge < -0.3 is 9.80 Å². The van der Waals surface area contributed by atoms with E-state index in [1.54, 1.807) is 24.1 Å². The predicted octanol–water partition coefficient (Wildman–Crippen LogP) is 1.92. The minimum absolute atomic E-state index is 0.0286. The summed E-state index contributed by atoms with van der Waals surface area (Å²) in [6, 6.07) is 5.80. The summed E-state index contributed by atoms with van der Waals surface area (Å²) in [6.07, 6.45) is 0.237. The molecule has 2 heterocycles. The van der Waals surface area contributed by atoms with Crippen LogP contribution in [0.25, 0.3) is 0 Å². The zero-order valence-electron chi connectivity index (χ0n) is 12.5. The molecule has 2 amide bonds. The molecule has 0 spiro atoms. The van der Waals surface area contributed by atoms with Crippen molar-refractivity contribution >= 4 is 23.6 Å². The molecule has 4 nitrogen and oxygen atoms in total. The highest BCUT2D eigenvalue weighted by Crippen LogP contribution is 2.38. The van der Waals surface area contributed by atoms with Crippen LogP contribution in [-0.4, -0.2) is 53.3 Å². The van der Waals surface area contributed by atoms with Crippen molar-refractivity contribution in [2.24, 2.45) is 5.92 Å².